The lowest BCUT2D eigenvalue weighted by molar-refractivity contribution is -0.125. The monoisotopic (exact) mass is 739 g/mol. The highest BCUT2D eigenvalue weighted by Gasteiger charge is 2.76. The SMILES string of the molecule is CCOc1cc([C@H]2C3=CC[C@@H]4C(=O)N(c5ccc(Nc6ccccc6)cc5)C(=O)[C@@H]4[C@@H]3C[C@@]3(Cl)C(=O)N(c4ccc(F)cc4)C(=O)[C@@]23Cl)ccc1O. The number of aromatic hydroxyl groups is 1. The Hall–Kier alpha value is -5.19. The van der Waals surface area contributed by atoms with E-state index in [1.165, 1.54) is 23.1 Å². The first-order valence-electron chi connectivity index (χ1n) is 17.0. The van der Waals surface area contributed by atoms with Crippen molar-refractivity contribution in [2.45, 2.75) is 35.4 Å². The second kappa shape index (κ2) is 12.5. The number of fused-ring (bicyclic) bond motifs is 4. The molecule has 3 fully saturated rings. The standard InChI is InChI=1S/C40H32Cl2FN3O6/c1-2-52-32-20-22(8-19-31(32)47)34-28-17-18-29-33(36(49)45(35(29)48)26-15-11-25(12-16-26)44-24-6-4-3-5-7-24)30(28)21-39(41)37(50)46(38(51)40(34,39)42)27-13-9-23(43)10-14-27/h3-17,19-20,29-30,33-34,44,47H,2,18,21H2,1H3/t29-,30+,33-,34-,39+,40-/m0/s1. The molecule has 0 spiro atoms. The van der Waals surface area contributed by atoms with Crippen molar-refractivity contribution < 1.29 is 33.4 Å². The summed E-state index contributed by atoms with van der Waals surface area (Å²) in [4.78, 5) is 55.5. The number of ether oxygens (including phenoxy) is 1. The minimum atomic E-state index is -2.11. The Labute approximate surface area is 308 Å². The van der Waals surface area contributed by atoms with Crippen molar-refractivity contribution in [3.63, 3.8) is 0 Å². The van der Waals surface area contributed by atoms with Crippen molar-refractivity contribution in [2.75, 3.05) is 21.7 Å². The number of alkyl halides is 2. The third-order valence-corrected chi connectivity index (χ3v) is 12.1. The Morgan fingerprint density at radius 1 is 0.827 bits per heavy atom. The fourth-order valence-electron chi connectivity index (χ4n) is 8.39. The molecule has 4 amide bonds. The molecule has 0 aromatic heterocycles. The van der Waals surface area contributed by atoms with E-state index < -0.39 is 57.0 Å². The number of imide groups is 2. The Bertz CT molecular complexity index is 2160. The molecule has 2 N–H and O–H groups in total. The van der Waals surface area contributed by atoms with Crippen LogP contribution in [0.4, 0.5) is 27.1 Å². The maximum atomic E-state index is 14.6. The van der Waals surface area contributed by atoms with E-state index in [1.54, 1.807) is 43.3 Å². The molecule has 6 atom stereocenters. The molecular weight excluding hydrogens is 708 g/mol. The first kappa shape index (κ1) is 33.9. The Kier molecular flexibility index (Phi) is 8.15. The van der Waals surface area contributed by atoms with Gasteiger partial charge in [0.25, 0.3) is 11.8 Å². The van der Waals surface area contributed by atoms with E-state index in [1.807, 2.05) is 36.4 Å². The van der Waals surface area contributed by atoms with Gasteiger partial charge in [0.05, 0.1) is 29.8 Å². The molecule has 0 bridgehead atoms. The Morgan fingerprint density at radius 2 is 1.48 bits per heavy atom. The molecule has 52 heavy (non-hydrogen) atoms. The zero-order valence-corrected chi connectivity index (χ0v) is 29.3. The van der Waals surface area contributed by atoms with E-state index in [4.69, 9.17) is 27.9 Å². The summed E-state index contributed by atoms with van der Waals surface area (Å²) < 4.78 is 19.6. The van der Waals surface area contributed by atoms with E-state index in [9.17, 15) is 28.7 Å². The molecule has 2 saturated heterocycles. The molecule has 0 unspecified atom stereocenters. The normalized spacial score (nSPS) is 28.0. The number of carbonyl (C=O) groups excluding carboxylic acids is 4. The topological polar surface area (TPSA) is 116 Å². The Balaban J connectivity index is 1.21. The van der Waals surface area contributed by atoms with Gasteiger partial charge in [0, 0.05) is 17.3 Å². The average Bonchev–Trinajstić information content (AvgIpc) is 3.48. The smallest absolute Gasteiger partial charge is 0.258 e. The summed E-state index contributed by atoms with van der Waals surface area (Å²) in [7, 11) is 0. The van der Waals surface area contributed by atoms with Crippen LogP contribution in [0, 0.1) is 23.6 Å². The van der Waals surface area contributed by atoms with Gasteiger partial charge in [0.15, 0.2) is 21.2 Å². The number of para-hydroxylation sites is 1. The van der Waals surface area contributed by atoms with Crippen molar-refractivity contribution >= 4 is 69.6 Å². The summed E-state index contributed by atoms with van der Waals surface area (Å²) in [5.41, 5.74) is 3.15. The van der Waals surface area contributed by atoms with Crippen molar-refractivity contribution in [1.29, 1.82) is 0 Å². The van der Waals surface area contributed by atoms with Gasteiger partial charge >= 0.3 is 0 Å². The molecule has 12 heteroatoms. The molecule has 264 valence electrons. The predicted octanol–water partition coefficient (Wildman–Crippen LogP) is 7.44. The molecule has 2 aliphatic heterocycles. The second-order valence-corrected chi connectivity index (χ2v) is 14.7. The van der Waals surface area contributed by atoms with Crippen LogP contribution in [-0.4, -0.2) is 45.1 Å². The van der Waals surface area contributed by atoms with Gasteiger partial charge < -0.3 is 15.2 Å². The average molecular weight is 741 g/mol. The van der Waals surface area contributed by atoms with Crippen molar-refractivity contribution in [2.24, 2.45) is 17.8 Å². The molecule has 2 heterocycles. The summed E-state index contributed by atoms with van der Waals surface area (Å²) in [5, 5.41) is 13.9. The van der Waals surface area contributed by atoms with Gasteiger partial charge in [-0.1, -0.05) is 35.9 Å². The molecule has 1 saturated carbocycles. The highest BCUT2D eigenvalue weighted by Crippen LogP contribution is 2.66. The van der Waals surface area contributed by atoms with Gasteiger partial charge in [0.1, 0.15) is 5.82 Å². The van der Waals surface area contributed by atoms with E-state index in [0.717, 1.165) is 28.4 Å². The number of allylic oxidation sites excluding steroid dienone is 2. The number of phenolic OH excluding ortho intramolecular Hbond substituents is 1. The van der Waals surface area contributed by atoms with Crippen LogP contribution in [0.5, 0.6) is 11.5 Å². The van der Waals surface area contributed by atoms with Gasteiger partial charge in [-0.2, -0.15) is 0 Å². The van der Waals surface area contributed by atoms with Crippen LogP contribution in [-0.2, 0) is 19.2 Å². The van der Waals surface area contributed by atoms with Crippen LogP contribution in [0.25, 0.3) is 0 Å². The van der Waals surface area contributed by atoms with Gasteiger partial charge in [0.2, 0.25) is 11.8 Å². The number of hydrogen-bond acceptors (Lipinski definition) is 7. The molecule has 0 radical (unpaired) electrons. The molecule has 4 aromatic rings. The molecule has 2 aliphatic carbocycles. The lowest BCUT2D eigenvalue weighted by Crippen LogP contribution is -2.60. The minimum Gasteiger partial charge on any atom is -0.504 e. The summed E-state index contributed by atoms with van der Waals surface area (Å²) in [5.74, 6) is -6.50. The number of benzene rings is 4. The van der Waals surface area contributed by atoms with Gasteiger partial charge in [-0.25, -0.2) is 9.29 Å². The lowest BCUT2D eigenvalue weighted by atomic mass is 9.56. The zero-order chi connectivity index (χ0) is 36.5. The number of halogens is 3. The number of anilines is 4. The van der Waals surface area contributed by atoms with Crippen LogP contribution in [0.3, 0.4) is 0 Å². The number of amides is 4. The maximum Gasteiger partial charge on any atom is 0.258 e. The van der Waals surface area contributed by atoms with Crippen LogP contribution in [0.2, 0.25) is 0 Å². The largest absolute Gasteiger partial charge is 0.504 e. The summed E-state index contributed by atoms with van der Waals surface area (Å²) in [6.45, 7) is 1.98. The van der Waals surface area contributed by atoms with Crippen molar-refractivity contribution in [1.82, 2.24) is 0 Å². The summed E-state index contributed by atoms with van der Waals surface area (Å²) in [6.07, 6.45) is 1.81. The molecule has 4 aromatic carbocycles. The zero-order valence-electron chi connectivity index (χ0n) is 27.8. The van der Waals surface area contributed by atoms with Crippen LogP contribution in [0.1, 0.15) is 31.2 Å². The number of carbonyl (C=O) groups is 4. The first-order valence-corrected chi connectivity index (χ1v) is 17.7. The predicted molar refractivity (Wildman–Crippen MR) is 195 cm³/mol. The van der Waals surface area contributed by atoms with Crippen molar-refractivity contribution in [3.05, 3.63) is 120 Å². The van der Waals surface area contributed by atoms with Crippen LogP contribution in [0.15, 0.2) is 109 Å². The molecular formula is C40H32Cl2FN3O6. The quantitative estimate of drug-likeness (QED) is 0.115. The van der Waals surface area contributed by atoms with E-state index >= 15 is 0 Å². The molecule has 8 rings (SSSR count). The fraction of sp³-hybridized carbons (Fsp3) is 0.250. The number of hydrogen-bond donors (Lipinski definition) is 2. The minimum absolute atomic E-state index is 0.0867. The number of nitrogens with one attached hydrogen (secondary N) is 1. The highest BCUT2D eigenvalue weighted by molar-refractivity contribution is 6.58. The van der Waals surface area contributed by atoms with E-state index in [0.29, 0.717) is 16.8 Å². The van der Waals surface area contributed by atoms with E-state index in [-0.39, 0.29) is 42.5 Å². The van der Waals surface area contributed by atoms with Gasteiger partial charge in [-0.05, 0) is 104 Å². The van der Waals surface area contributed by atoms with Crippen LogP contribution < -0.4 is 19.9 Å². The summed E-state index contributed by atoms with van der Waals surface area (Å²) >= 11 is 14.9. The maximum absolute atomic E-state index is 14.6. The lowest BCUT2D eigenvalue weighted by Gasteiger charge is -2.50. The molecule has 4 aliphatic rings. The second-order valence-electron chi connectivity index (χ2n) is 13.5. The number of phenols is 1. The van der Waals surface area contributed by atoms with Crippen LogP contribution >= 0.6 is 23.2 Å². The Morgan fingerprint density at radius 3 is 2.17 bits per heavy atom. The third-order valence-electron chi connectivity index (χ3n) is 10.7. The van der Waals surface area contributed by atoms with E-state index in [2.05, 4.69) is 5.32 Å². The van der Waals surface area contributed by atoms with Gasteiger partial charge in [-0.3, -0.25) is 24.1 Å². The first-order chi connectivity index (χ1) is 25.0. The highest BCUT2D eigenvalue weighted by atomic mass is 35.5. The van der Waals surface area contributed by atoms with Crippen molar-refractivity contribution in [3.8, 4) is 11.5 Å². The molecule has 9 nitrogen and oxygen atoms in total. The summed E-state index contributed by atoms with van der Waals surface area (Å²) in [6, 6.07) is 25.9. The third kappa shape index (κ3) is 4.95. The number of rotatable bonds is 7. The van der Waals surface area contributed by atoms with Gasteiger partial charge in [-0.15, -0.1) is 23.2 Å². The fourth-order valence-corrected chi connectivity index (χ4v) is 9.33. The number of nitrogens with zero attached hydrogens (tertiary/aromatic N) is 2.